The summed E-state index contributed by atoms with van der Waals surface area (Å²) in [6.07, 6.45) is 0. The van der Waals surface area contributed by atoms with Gasteiger partial charge in [0.1, 0.15) is 0 Å². The van der Waals surface area contributed by atoms with Gasteiger partial charge in [0.25, 0.3) is 0 Å². The fourth-order valence-corrected chi connectivity index (χ4v) is 17.3. The lowest BCUT2D eigenvalue weighted by molar-refractivity contribution is 1.29. The number of hydrogen-bond acceptors (Lipinski definition) is 2. The van der Waals surface area contributed by atoms with Gasteiger partial charge in [-0.25, -0.2) is 0 Å². The molecule has 4 aliphatic rings. The normalized spacial score (nSPS) is 13.3. The summed E-state index contributed by atoms with van der Waals surface area (Å²) in [6.45, 7) is 10.1. The topological polar surface area (TPSA) is 6.48 Å². The van der Waals surface area contributed by atoms with Gasteiger partial charge >= 0.3 is 0 Å². The summed E-state index contributed by atoms with van der Waals surface area (Å²) in [5.74, 6) is 0. The Kier molecular flexibility index (Phi) is 10.3. The number of hydrogen-bond donors (Lipinski definition) is 0. The van der Waals surface area contributed by atoms with E-state index in [4.69, 9.17) is 0 Å². The summed E-state index contributed by atoms with van der Waals surface area (Å²) in [5, 5.41) is 9.94. The van der Waals surface area contributed by atoms with Crippen molar-refractivity contribution in [1.82, 2.24) is 0 Å². The van der Waals surface area contributed by atoms with Gasteiger partial charge < -0.3 is 9.80 Å². The van der Waals surface area contributed by atoms with Crippen LogP contribution in [-0.2, 0) is 0 Å². The molecular weight excluding hydrogens is 1040 g/mol. The van der Waals surface area contributed by atoms with Crippen LogP contribution in [0.1, 0.15) is 5.56 Å². The molecule has 0 radical (unpaired) electrons. The van der Waals surface area contributed by atoms with E-state index < -0.39 is 8.07 Å². The van der Waals surface area contributed by atoms with E-state index in [1.165, 1.54) is 165 Å². The molecule has 0 amide bonds. The van der Waals surface area contributed by atoms with E-state index in [1.807, 2.05) is 0 Å². The molecule has 396 valence electrons. The summed E-state index contributed by atoms with van der Waals surface area (Å²) in [7, 11) is -2.13. The lowest BCUT2D eigenvalue weighted by Crippen LogP contribution is -2.60. The molecule has 14 aromatic carbocycles. The number of anilines is 6. The molecule has 14 aromatic rings. The Hall–Kier alpha value is -9.93. The minimum Gasteiger partial charge on any atom is -0.311 e. The molecule has 2 nitrogen and oxygen atoms in total. The quantitative estimate of drug-likeness (QED) is 0.116. The summed E-state index contributed by atoms with van der Waals surface area (Å²) in [4.78, 5) is 5.16. The van der Waals surface area contributed by atoms with Crippen molar-refractivity contribution in [3.05, 3.63) is 272 Å². The van der Waals surface area contributed by atoms with Gasteiger partial charge in [0.05, 0.1) is 8.07 Å². The van der Waals surface area contributed by atoms with Crippen LogP contribution < -0.4 is 47.8 Å². The smallest absolute Gasteiger partial charge is 0.248 e. The Balaban J connectivity index is 0.997. The largest absolute Gasteiger partial charge is 0.311 e. The average Bonchev–Trinajstić information content (AvgIpc) is 0.852. The highest BCUT2D eigenvalue weighted by Gasteiger charge is 2.46. The number of para-hydroxylation sites is 2. The summed E-state index contributed by atoms with van der Waals surface area (Å²) < 4.78 is 0. The highest BCUT2D eigenvalue weighted by molar-refractivity contribution is 7.03. The Labute approximate surface area is 498 Å². The molecule has 0 atom stereocenters. The molecule has 0 fully saturated rings. The van der Waals surface area contributed by atoms with E-state index in [9.17, 15) is 0 Å². The van der Waals surface area contributed by atoms with Gasteiger partial charge in [-0.3, -0.25) is 0 Å². The van der Waals surface area contributed by atoms with Gasteiger partial charge in [0, 0.05) is 34.1 Å². The van der Waals surface area contributed by atoms with Crippen LogP contribution in [0.5, 0.6) is 0 Å². The van der Waals surface area contributed by atoms with Crippen molar-refractivity contribution in [2.24, 2.45) is 0 Å². The van der Waals surface area contributed by atoms with Gasteiger partial charge in [0.15, 0.2) is 0 Å². The van der Waals surface area contributed by atoms with Gasteiger partial charge in [-0.15, -0.1) is 0 Å². The molecule has 0 bridgehead atoms. The predicted octanol–water partition coefficient (Wildman–Crippen LogP) is 16.7. The summed E-state index contributed by atoms with van der Waals surface area (Å²) in [5.41, 5.74) is 32.0. The summed E-state index contributed by atoms with van der Waals surface area (Å²) in [6, 6.07) is 102. The van der Waals surface area contributed by atoms with Crippen LogP contribution in [0.4, 0.5) is 34.1 Å². The molecule has 0 N–H and O–H groups in total. The molecule has 0 aromatic heterocycles. The molecule has 5 heteroatoms. The average molecular weight is 1100 g/mol. The maximum Gasteiger partial charge on any atom is 0.248 e. The van der Waals surface area contributed by atoms with Crippen molar-refractivity contribution in [1.29, 1.82) is 0 Å². The Morgan fingerprint density at radius 3 is 1.07 bits per heavy atom. The van der Waals surface area contributed by atoms with Crippen LogP contribution in [0.3, 0.4) is 0 Å². The zero-order chi connectivity index (χ0) is 56.4. The molecule has 0 unspecified atom stereocenters. The molecule has 18 rings (SSSR count). The number of fused-ring (bicyclic) bond motifs is 8. The van der Waals surface area contributed by atoms with Crippen LogP contribution in [0.15, 0.2) is 267 Å². The van der Waals surface area contributed by atoms with Crippen molar-refractivity contribution < 1.29 is 0 Å². The molecule has 0 aliphatic carbocycles. The third-order valence-corrected chi connectivity index (χ3v) is 21.4. The highest BCUT2D eigenvalue weighted by atomic mass is 28.3. The fraction of sp³-hybridized carbons (Fsp3) is 0.0500. The van der Waals surface area contributed by atoms with E-state index in [-0.39, 0.29) is 13.4 Å². The van der Waals surface area contributed by atoms with Crippen molar-refractivity contribution in [2.45, 2.75) is 26.6 Å². The predicted molar refractivity (Wildman–Crippen MR) is 369 cm³/mol. The van der Waals surface area contributed by atoms with Crippen LogP contribution in [-0.4, -0.2) is 21.5 Å². The maximum atomic E-state index is 2.73. The minimum absolute atomic E-state index is 0.0253. The van der Waals surface area contributed by atoms with Crippen molar-refractivity contribution >= 4 is 126 Å². The molecule has 85 heavy (non-hydrogen) atoms. The lowest BCUT2D eigenvalue weighted by atomic mass is 9.31. The molecule has 0 saturated heterocycles. The van der Waals surface area contributed by atoms with Crippen LogP contribution in [0.25, 0.3) is 99.1 Å². The fourth-order valence-electron chi connectivity index (χ4n) is 15.7. The van der Waals surface area contributed by atoms with Crippen molar-refractivity contribution in [3.63, 3.8) is 0 Å². The zero-order valence-corrected chi connectivity index (χ0v) is 49.0. The van der Waals surface area contributed by atoms with E-state index in [0.717, 1.165) is 11.4 Å². The summed E-state index contributed by atoms with van der Waals surface area (Å²) >= 11 is 0. The number of benzene rings is 14. The molecular formula is C80H56B2N2Si. The van der Waals surface area contributed by atoms with Crippen LogP contribution in [0, 0.1) is 6.92 Å². The van der Waals surface area contributed by atoms with E-state index >= 15 is 0 Å². The van der Waals surface area contributed by atoms with Gasteiger partial charge in [0.2, 0.25) is 13.4 Å². The Morgan fingerprint density at radius 1 is 0.282 bits per heavy atom. The number of rotatable bonds is 7. The number of aryl methyl sites for hydroxylation is 1. The lowest BCUT2D eigenvalue weighted by Gasteiger charge is -2.43. The van der Waals surface area contributed by atoms with E-state index in [2.05, 4.69) is 303 Å². The first kappa shape index (κ1) is 48.6. The zero-order valence-electron chi connectivity index (χ0n) is 48.0. The van der Waals surface area contributed by atoms with Gasteiger partial charge in [-0.1, -0.05) is 242 Å². The first-order chi connectivity index (χ1) is 41.7. The maximum absolute atomic E-state index is 2.73. The highest BCUT2D eigenvalue weighted by Crippen LogP contribution is 2.51. The third kappa shape index (κ3) is 7.02. The third-order valence-electron chi connectivity index (χ3n) is 19.4. The molecule has 0 spiro atoms. The Morgan fingerprint density at radius 2 is 0.647 bits per heavy atom. The van der Waals surface area contributed by atoms with Gasteiger partial charge in [-0.05, 0) is 194 Å². The standard InChI is InChI=1S/C80H56B2N2Si/c1-49-39-61-63-40-56(52-27-15-7-16-28-52)44-72-79(63)82(67-38-36-55(51-25-13-6-14-26-51)43-71(67)83(72)58-31-19-9-20-32-58)69-47-65-74(85(2,3)4)48-62-64-41-57(53-29-17-8-18-30-53)45-73-80(64)81(68-46-60(49)77(75(61)69)78(65)76(62)68)66-37-35-54(50-23-11-5-12-24-50)42-70(66)84(73)59-33-21-10-22-34-59/h5-48H,1-4H3. The monoisotopic (exact) mass is 1090 g/mol. The van der Waals surface area contributed by atoms with Crippen LogP contribution >= 0.6 is 0 Å². The van der Waals surface area contributed by atoms with E-state index in [0.29, 0.717) is 0 Å². The first-order valence-electron chi connectivity index (χ1n) is 30.1. The SMILES string of the molecule is Cc1cc2c3c(cc4c([Si](C)(C)C)cc5c6c(cc1c3c46)B1c3ccc(-c4ccccc4)cc3N(c3ccccc3)c3cc(-c4ccccc4)cc-5c31)B1c3ccc(-c4ccccc4)cc3N(c3ccccc3)c3cc(-c4ccccc4)cc-2c31. The molecule has 0 saturated carbocycles. The van der Waals surface area contributed by atoms with Crippen LogP contribution in [0.2, 0.25) is 19.6 Å². The number of nitrogens with zero attached hydrogens (tertiary/aromatic N) is 2. The second-order valence-electron chi connectivity index (χ2n) is 25.1. The second-order valence-corrected chi connectivity index (χ2v) is 30.2. The second kappa shape index (κ2) is 18.0. The van der Waals surface area contributed by atoms with Gasteiger partial charge in [-0.2, -0.15) is 0 Å². The minimum atomic E-state index is -2.13. The first-order valence-corrected chi connectivity index (χ1v) is 33.6. The Bertz CT molecular complexity index is 5100. The van der Waals surface area contributed by atoms with Crippen molar-refractivity contribution in [3.8, 4) is 66.8 Å². The van der Waals surface area contributed by atoms with E-state index in [1.54, 1.807) is 0 Å². The van der Waals surface area contributed by atoms with Crippen molar-refractivity contribution in [2.75, 3.05) is 9.80 Å². The molecule has 4 aliphatic heterocycles. The molecule has 4 heterocycles.